The van der Waals surface area contributed by atoms with E-state index in [1.165, 1.54) is 0 Å². The molecule has 0 unspecified atom stereocenters. The summed E-state index contributed by atoms with van der Waals surface area (Å²) in [4.78, 5) is 10.8. The smallest absolute Gasteiger partial charge is 0.222 e. The van der Waals surface area contributed by atoms with Crippen LogP contribution in [-0.2, 0) is 0 Å². The van der Waals surface area contributed by atoms with E-state index in [0.29, 0.717) is 0 Å². The standard InChI is InChI=1S/C8H7IO/c1-6-3-2-4-7(5-6)8(9)10/h2-5H,1H3. The normalized spacial score (nSPS) is 9.40. The molecule has 0 saturated heterocycles. The Bertz CT molecular complexity index is 255. The first-order valence-corrected chi connectivity index (χ1v) is 4.04. The van der Waals surface area contributed by atoms with Gasteiger partial charge >= 0.3 is 0 Å². The highest BCUT2D eigenvalue weighted by Gasteiger charge is 1.97. The molecule has 10 heavy (non-hydrogen) atoms. The molecule has 1 aromatic carbocycles. The molecule has 0 N–H and O–H groups in total. The fourth-order valence-electron chi connectivity index (χ4n) is 0.767. The van der Waals surface area contributed by atoms with Crippen LogP contribution in [0, 0.1) is 6.92 Å². The summed E-state index contributed by atoms with van der Waals surface area (Å²) in [5.74, 6) is 0. The maximum absolute atomic E-state index is 10.8. The number of benzene rings is 1. The van der Waals surface area contributed by atoms with Gasteiger partial charge in [-0.1, -0.05) is 23.8 Å². The molecule has 1 nitrogen and oxygen atoms in total. The van der Waals surface area contributed by atoms with Gasteiger partial charge in [0, 0.05) is 28.2 Å². The summed E-state index contributed by atoms with van der Waals surface area (Å²) in [6, 6.07) is 7.57. The Morgan fingerprint density at radius 1 is 1.50 bits per heavy atom. The fourth-order valence-corrected chi connectivity index (χ4v) is 1.10. The molecule has 0 aliphatic rings. The van der Waals surface area contributed by atoms with Gasteiger partial charge in [0.15, 0.2) is 0 Å². The van der Waals surface area contributed by atoms with E-state index in [2.05, 4.69) is 0 Å². The highest BCUT2D eigenvalue weighted by atomic mass is 127. The van der Waals surface area contributed by atoms with Gasteiger partial charge in [-0.05, 0) is 13.0 Å². The van der Waals surface area contributed by atoms with E-state index in [1.54, 1.807) is 22.6 Å². The molecule has 0 aliphatic heterocycles. The molecular weight excluding hydrogens is 239 g/mol. The van der Waals surface area contributed by atoms with Crippen LogP contribution in [0.1, 0.15) is 15.9 Å². The molecular formula is C8H7IO. The Morgan fingerprint density at radius 2 is 2.20 bits per heavy atom. The van der Waals surface area contributed by atoms with Crippen LogP contribution in [0.5, 0.6) is 0 Å². The van der Waals surface area contributed by atoms with Gasteiger partial charge in [-0.3, -0.25) is 4.79 Å². The van der Waals surface area contributed by atoms with E-state index < -0.39 is 0 Å². The lowest BCUT2D eigenvalue weighted by Gasteiger charge is -1.93. The van der Waals surface area contributed by atoms with E-state index in [0.717, 1.165) is 11.1 Å². The van der Waals surface area contributed by atoms with Gasteiger partial charge in [-0.2, -0.15) is 0 Å². The van der Waals surface area contributed by atoms with E-state index in [9.17, 15) is 4.79 Å². The minimum Gasteiger partial charge on any atom is -0.282 e. The molecule has 0 atom stereocenters. The number of halogens is 1. The zero-order valence-corrected chi connectivity index (χ0v) is 7.75. The third kappa shape index (κ3) is 1.80. The maximum Gasteiger partial charge on any atom is 0.222 e. The molecule has 0 aromatic heterocycles. The first kappa shape index (κ1) is 7.72. The topological polar surface area (TPSA) is 17.1 Å². The molecule has 0 fully saturated rings. The van der Waals surface area contributed by atoms with Crippen molar-refractivity contribution in [1.29, 1.82) is 0 Å². The lowest BCUT2D eigenvalue weighted by Crippen LogP contribution is -1.86. The quantitative estimate of drug-likeness (QED) is 0.549. The van der Waals surface area contributed by atoms with Crippen molar-refractivity contribution in [2.45, 2.75) is 6.92 Å². The summed E-state index contributed by atoms with van der Waals surface area (Å²) in [7, 11) is 0. The number of carbonyl (C=O) groups is 1. The predicted molar refractivity (Wildman–Crippen MR) is 49.5 cm³/mol. The molecule has 0 amide bonds. The van der Waals surface area contributed by atoms with E-state index >= 15 is 0 Å². The van der Waals surface area contributed by atoms with E-state index in [1.807, 2.05) is 31.2 Å². The van der Waals surface area contributed by atoms with Crippen LogP contribution in [0.2, 0.25) is 0 Å². The average Bonchev–Trinajstić information content (AvgIpc) is 1.88. The molecule has 1 rings (SSSR count). The number of carbonyl (C=O) groups excluding carboxylic acids is 1. The number of aryl methyl sites for hydroxylation is 1. The van der Waals surface area contributed by atoms with Crippen LogP contribution in [0.4, 0.5) is 0 Å². The van der Waals surface area contributed by atoms with Gasteiger partial charge in [0.05, 0.1) is 0 Å². The van der Waals surface area contributed by atoms with Gasteiger partial charge in [0.2, 0.25) is 3.79 Å². The number of hydrogen-bond acceptors (Lipinski definition) is 1. The summed E-state index contributed by atoms with van der Waals surface area (Å²) in [5, 5.41) is 0. The van der Waals surface area contributed by atoms with Crippen molar-refractivity contribution in [1.82, 2.24) is 0 Å². The Balaban J connectivity index is 3.07. The molecule has 0 saturated carbocycles. The SMILES string of the molecule is Cc1cccc(C(=O)I)c1. The van der Waals surface area contributed by atoms with Crippen molar-refractivity contribution in [3.63, 3.8) is 0 Å². The van der Waals surface area contributed by atoms with Crippen LogP contribution in [0.3, 0.4) is 0 Å². The van der Waals surface area contributed by atoms with Crippen molar-refractivity contribution in [3.8, 4) is 0 Å². The average molecular weight is 246 g/mol. The van der Waals surface area contributed by atoms with Crippen molar-refractivity contribution in [3.05, 3.63) is 35.4 Å². The van der Waals surface area contributed by atoms with Crippen LogP contribution < -0.4 is 0 Å². The Hall–Kier alpha value is -0.380. The van der Waals surface area contributed by atoms with Gasteiger partial charge in [-0.15, -0.1) is 0 Å². The minimum atomic E-state index is 0.0984. The Labute approximate surface area is 73.6 Å². The van der Waals surface area contributed by atoms with Crippen molar-refractivity contribution >= 4 is 26.4 Å². The summed E-state index contributed by atoms with van der Waals surface area (Å²) < 4.78 is 0.0984. The van der Waals surface area contributed by atoms with Gasteiger partial charge < -0.3 is 0 Å². The van der Waals surface area contributed by atoms with Crippen molar-refractivity contribution in [2.24, 2.45) is 0 Å². The van der Waals surface area contributed by atoms with Crippen LogP contribution in [0.15, 0.2) is 24.3 Å². The van der Waals surface area contributed by atoms with E-state index in [4.69, 9.17) is 0 Å². The van der Waals surface area contributed by atoms with Gasteiger partial charge in [-0.25, -0.2) is 0 Å². The van der Waals surface area contributed by atoms with E-state index in [-0.39, 0.29) is 3.79 Å². The molecule has 2 heteroatoms. The minimum absolute atomic E-state index is 0.0984. The lowest BCUT2D eigenvalue weighted by atomic mass is 10.2. The fraction of sp³-hybridized carbons (Fsp3) is 0.125. The van der Waals surface area contributed by atoms with Gasteiger partial charge in [0.25, 0.3) is 0 Å². The largest absolute Gasteiger partial charge is 0.282 e. The second-order valence-electron chi connectivity index (χ2n) is 2.14. The van der Waals surface area contributed by atoms with Gasteiger partial charge in [0.1, 0.15) is 0 Å². The Morgan fingerprint density at radius 3 is 2.60 bits per heavy atom. The molecule has 0 bridgehead atoms. The zero-order valence-electron chi connectivity index (χ0n) is 5.60. The third-order valence-electron chi connectivity index (χ3n) is 1.25. The molecule has 0 radical (unpaired) electrons. The predicted octanol–water partition coefficient (Wildman–Crippen LogP) is 2.57. The zero-order chi connectivity index (χ0) is 7.56. The summed E-state index contributed by atoms with van der Waals surface area (Å²) in [6.07, 6.45) is 0. The second kappa shape index (κ2) is 3.14. The van der Waals surface area contributed by atoms with Crippen LogP contribution >= 0.6 is 22.6 Å². The second-order valence-corrected chi connectivity index (χ2v) is 3.12. The Kier molecular flexibility index (Phi) is 2.43. The molecule has 52 valence electrons. The monoisotopic (exact) mass is 246 g/mol. The highest BCUT2D eigenvalue weighted by molar-refractivity contribution is 14.1. The molecule has 0 spiro atoms. The summed E-state index contributed by atoms with van der Waals surface area (Å²) in [5.41, 5.74) is 1.91. The summed E-state index contributed by atoms with van der Waals surface area (Å²) in [6.45, 7) is 1.98. The van der Waals surface area contributed by atoms with Crippen LogP contribution in [0.25, 0.3) is 0 Å². The first-order valence-electron chi connectivity index (χ1n) is 2.96. The molecule has 0 heterocycles. The summed E-state index contributed by atoms with van der Waals surface area (Å²) >= 11 is 1.79. The maximum atomic E-state index is 10.8. The first-order chi connectivity index (χ1) is 4.70. The van der Waals surface area contributed by atoms with Crippen molar-refractivity contribution < 1.29 is 4.79 Å². The molecule has 0 aliphatic carbocycles. The van der Waals surface area contributed by atoms with Crippen LogP contribution in [-0.4, -0.2) is 3.79 Å². The number of hydrogen-bond donors (Lipinski definition) is 0. The number of rotatable bonds is 1. The third-order valence-corrected chi connectivity index (χ3v) is 1.87. The molecule has 1 aromatic rings. The highest BCUT2D eigenvalue weighted by Crippen LogP contribution is 2.07. The lowest BCUT2D eigenvalue weighted by molar-refractivity contribution is 0.110. The van der Waals surface area contributed by atoms with Crippen molar-refractivity contribution in [2.75, 3.05) is 0 Å².